The largest absolute Gasteiger partial charge is 0.442 e. The van der Waals surface area contributed by atoms with Gasteiger partial charge in [-0.15, -0.1) is 0 Å². The van der Waals surface area contributed by atoms with Crippen LogP contribution in [0.3, 0.4) is 0 Å². The number of allylic oxidation sites excluding steroid dienone is 1. The third kappa shape index (κ3) is 4.52. The van der Waals surface area contributed by atoms with E-state index >= 15 is 0 Å². The molecule has 4 aliphatic rings. The average molecular weight is 432 g/mol. The molecule has 2 amide bonds. The monoisotopic (exact) mass is 431 g/mol. The quantitative estimate of drug-likeness (QED) is 0.642. The van der Waals surface area contributed by atoms with Crippen molar-refractivity contribution < 1.29 is 19.1 Å². The Morgan fingerprint density at radius 1 is 1.32 bits per heavy atom. The van der Waals surface area contributed by atoms with Crippen molar-refractivity contribution in [3.8, 4) is 0 Å². The van der Waals surface area contributed by atoms with Gasteiger partial charge >= 0.3 is 6.09 Å². The van der Waals surface area contributed by atoms with E-state index in [2.05, 4.69) is 20.5 Å². The summed E-state index contributed by atoms with van der Waals surface area (Å²) in [5, 5.41) is 6.10. The summed E-state index contributed by atoms with van der Waals surface area (Å²) >= 11 is 0. The lowest BCUT2D eigenvalue weighted by Gasteiger charge is -2.51. The van der Waals surface area contributed by atoms with Gasteiger partial charge in [0.05, 0.1) is 25.7 Å². The molecule has 0 aromatic carbocycles. The Hall–Kier alpha value is -2.26. The highest BCUT2D eigenvalue weighted by atomic mass is 16.6. The maximum atomic E-state index is 13.6. The Morgan fingerprint density at radius 2 is 2.13 bits per heavy atom. The van der Waals surface area contributed by atoms with Crippen LogP contribution in [-0.4, -0.2) is 90.9 Å². The number of piperazine rings is 1. The van der Waals surface area contributed by atoms with Crippen LogP contribution in [0.4, 0.5) is 4.79 Å². The molecule has 0 spiro atoms. The van der Waals surface area contributed by atoms with Crippen molar-refractivity contribution in [3.63, 3.8) is 0 Å². The number of carbonyl (C=O) groups excluding carboxylic acids is 3. The topological polar surface area (TPSA) is 103 Å². The van der Waals surface area contributed by atoms with Gasteiger partial charge < -0.3 is 15.4 Å². The third-order valence-corrected chi connectivity index (χ3v) is 6.88. The molecule has 3 heterocycles. The molecular weight excluding hydrogens is 398 g/mol. The van der Waals surface area contributed by atoms with Crippen molar-refractivity contribution in [2.45, 2.75) is 56.8 Å². The fraction of sp³-hybridized carbons (Fsp3) is 0.727. The molecule has 4 rings (SSSR count). The van der Waals surface area contributed by atoms with Gasteiger partial charge in [-0.25, -0.2) is 4.79 Å². The number of nitrogens with one attached hydrogen (secondary N) is 2. The molecule has 0 bridgehead atoms. The number of cyclic esters (lactones) is 1. The Balaban J connectivity index is 1.59. The molecule has 9 nitrogen and oxygen atoms in total. The molecule has 2 N–H and O–H groups in total. The number of nitrogens with zero attached hydrogens (tertiary/aromatic N) is 3. The number of Topliss-reactive ketones (excluding diaryl/α,β-unsaturated/α-hetero) is 1. The first-order valence-electron chi connectivity index (χ1n) is 11.4. The summed E-state index contributed by atoms with van der Waals surface area (Å²) in [7, 11) is 0. The highest BCUT2D eigenvalue weighted by Gasteiger charge is 2.52. The zero-order valence-electron chi connectivity index (χ0n) is 18.2. The second kappa shape index (κ2) is 9.48. The predicted octanol–water partition coefficient (Wildman–Crippen LogP) is 0.703. The summed E-state index contributed by atoms with van der Waals surface area (Å²) in [4.78, 5) is 46.1. The Bertz CT molecular complexity index is 763. The van der Waals surface area contributed by atoms with Gasteiger partial charge in [-0.05, 0) is 25.0 Å². The first kappa shape index (κ1) is 22.0. The van der Waals surface area contributed by atoms with Crippen LogP contribution in [0.25, 0.3) is 0 Å². The minimum atomic E-state index is -0.839. The molecule has 0 radical (unpaired) electrons. The summed E-state index contributed by atoms with van der Waals surface area (Å²) in [5.41, 5.74) is -0.839. The minimum absolute atomic E-state index is 0.0901. The van der Waals surface area contributed by atoms with E-state index in [1.54, 1.807) is 11.1 Å². The smallest absolute Gasteiger partial charge is 0.412 e. The minimum Gasteiger partial charge on any atom is -0.442 e. The summed E-state index contributed by atoms with van der Waals surface area (Å²) in [6.45, 7) is 4.37. The molecule has 3 aliphatic heterocycles. The SMILES string of the molecule is CC(=O)NC[C@H]1CN(C2(N3CCNCC3C(=O)C3CCCCC3)C=CC=NC2)C(=O)O1. The van der Waals surface area contributed by atoms with E-state index in [4.69, 9.17) is 4.74 Å². The van der Waals surface area contributed by atoms with Crippen LogP contribution < -0.4 is 10.6 Å². The number of amides is 2. The van der Waals surface area contributed by atoms with E-state index in [-0.39, 0.29) is 30.2 Å². The Kier molecular flexibility index (Phi) is 6.71. The van der Waals surface area contributed by atoms with Crippen molar-refractivity contribution in [2.24, 2.45) is 10.9 Å². The second-order valence-corrected chi connectivity index (χ2v) is 8.93. The third-order valence-electron chi connectivity index (χ3n) is 6.88. The van der Waals surface area contributed by atoms with E-state index in [1.165, 1.54) is 13.3 Å². The van der Waals surface area contributed by atoms with Crippen LogP contribution >= 0.6 is 0 Å². The van der Waals surface area contributed by atoms with Gasteiger partial charge in [0.2, 0.25) is 5.91 Å². The van der Waals surface area contributed by atoms with E-state index in [9.17, 15) is 14.4 Å². The molecule has 1 aliphatic carbocycles. The lowest BCUT2D eigenvalue weighted by Crippen LogP contribution is -2.71. The van der Waals surface area contributed by atoms with Crippen LogP contribution in [0.1, 0.15) is 39.0 Å². The average Bonchev–Trinajstić information content (AvgIpc) is 3.19. The van der Waals surface area contributed by atoms with Gasteiger partial charge in [0.15, 0.2) is 5.78 Å². The maximum absolute atomic E-state index is 13.6. The van der Waals surface area contributed by atoms with Crippen LogP contribution in [-0.2, 0) is 14.3 Å². The van der Waals surface area contributed by atoms with Crippen molar-refractivity contribution in [3.05, 3.63) is 12.2 Å². The summed E-state index contributed by atoms with van der Waals surface area (Å²) < 4.78 is 5.56. The Morgan fingerprint density at radius 3 is 2.84 bits per heavy atom. The standard InChI is InChI=1S/C22H33N5O4/c1-16(28)25-12-18-14-27(21(30)31-18)22(8-5-9-24-15-22)26-11-10-23-13-19(26)20(29)17-6-3-2-4-7-17/h5,8-9,17-19,23H,2-4,6-7,10-15H2,1H3,(H,25,28)/t18-,19?,22?/m0/s1. The highest BCUT2D eigenvalue weighted by Crippen LogP contribution is 2.34. The van der Waals surface area contributed by atoms with E-state index in [0.717, 1.165) is 32.2 Å². The molecule has 0 aromatic rings. The van der Waals surface area contributed by atoms with Crippen LogP contribution in [0, 0.1) is 5.92 Å². The zero-order chi connectivity index (χ0) is 21.8. The molecule has 0 aromatic heterocycles. The zero-order valence-corrected chi connectivity index (χ0v) is 18.2. The molecule has 2 unspecified atom stereocenters. The number of dihydropyridines is 1. The number of aliphatic imine (C=N–C) groups is 1. The summed E-state index contributed by atoms with van der Waals surface area (Å²) in [5.74, 6) is 0.204. The molecule has 2 saturated heterocycles. The normalized spacial score (nSPS) is 32.2. The van der Waals surface area contributed by atoms with E-state index in [0.29, 0.717) is 26.2 Å². The van der Waals surface area contributed by atoms with Gasteiger partial charge in [0.1, 0.15) is 11.8 Å². The number of rotatable bonds is 6. The van der Waals surface area contributed by atoms with Gasteiger partial charge in [0.25, 0.3) is 0 Å². The number of ether oxygens (including phenoxy) is 1. The van der Waals surface area contributed by atoms with Crippen LogP contribution in [0.5, 0.6) is 0 Å². The first-order valence-corrected chi connectivity index (χ1v) is 11.4. The number of carbonyl (C=O) groups is 3. The molecular formula is C22H33N5O4. The number of hydrogen-bond donors (Lipinski definition) is 2. The molecule has 170 valence electrons. The molecule has 31 heavy (non-hydrogen) atoms. The van der Waals surface area contributed by atoms with Crippen LogP contribution in [0.2, 0.25) is 0 Å². The van der Waals surface area contributed by atoms with Gasteiger partial charge in [-0.2, -0.15) is 0 Å². The Labute approximate surface area is 183 Å². The molecule has 9 heteroatoms. The molecule has 1 saturated carbocycles. The summed E-state index contributed by atoms with van der Waals surface area (Å²) in [6, 6.07) is -0.308. The number of hydrogen-bond acceptors (Lipinski definition) is 7. The van der Waals surface area contributed by atoms with Crippen molar-refractivity contribution in [1.82, 2.24) is 20.4 Å². The molecule has 3 atom stereocenters. The van der Waals surface area contributed by atoms with Crippen molar-refractivity contribution >= 4 is 24.0 Å². The maximum Gasteiger partial charge on any atom is 0.412 e. The lowest BCUT2D eigenvalue weighted by molar-refractivity contribution is -0.135. The van der Waals surface area contributed by atoms with E-state index in [1.807, 2.05) is 12.2 Å². The predicted molar refractivity (Wildman–Crippen MR) is 116 cm³/mol. The van der Waals surface area contributed by atoms with E-state index < -0.39 is 17.9 Å². The van der Waals surface area contributed by atoms with Crippen molar-refractivity contribution in [2.75, 3.05) is 39.3 Å². The van der Waals surface area contributed by atoms with Gasteiger partial charge in [0, 0.05) is 38.7 Å². The fourth-order valence-corrected chi connectivity index (χ4v) is 5.30. The van der Waals surface area contributed by atoms with Gasteiger partial charge in [-0.3, -0.25) is 24.4 Å². The summed E-state index contributed by atoms with van der Waals surface area (Å²) in [6.07, 6.45) is 10.0. The fourth-order valence-electron chi connectivity index (χ4n) is 5.30. The lowest BCUT2D eigenvalue weighted by atomic mass is 9.82. The van der Waals surface area contributed by atoms with Crippen LogP contribution in [0.15, 0.2) is 17.1 Å². The second-order valence-electron chi connectivity index (χ2n) is 8.93. The number of ketones is 1. The molecule has 3 fully saturated rings. The van der Waals surface area contributed by atoms with Crippen molar-refractivity contribution in [1.29, 1.82) is 0 Å². The first-order chi connectivity index (χ1) is 15.0. The highest BCUT2D eigenvalue weighted by molar-refractivity contribution is 5.87. The van der Waals surface area contributed by atoms with Gasteiger partial charge in [-0.1, -0.05) is 19.3 Å².